The van der Waals surface area contributed by atoms with Gasteiger partial charge in [0.1, 0.15) is 6.10 Å². The third-order valence-corrected chi connectivity index (χ3v) is 9.95. The Labute approximate surface area is 256 Å². The number of fused-ring (bicyclic) bond motifs is 1. The lowest BCUT2D eigenvalue weighted by molar-refractivity contribution is -0.161. The molecule has 12 unspecified atom stereocenters. The lowest BCUT2D eigenvalue weighted by atomic mass is 9.85. The Morgan fingerprint density at radius 2 is 1.42 bits per heavy atom. The van der Waals surface area contributed by atoms with Crippen molar-refractivity contribution in [3.05, 3.63) is 37.0 Å². The monoisotopic (exact) mass is 598 g/mol. The fourth-order valence-corrected chi connectivity index (χ4v) is 7.98. The molecule has 0 N–H and O–H groups in total. The third kappa shape index (κ3) is 7.68. The lowest BCUT2D eigenvalue weighted by Crippen LogP contribution is -2.34. The van der Waals surface area contributed by atoms with E-state index in [0.29, 0.717) is 37.0 Å². The third-order valence-electron chi connectivity index (χ3n) is 9.95. The summed E-state index contributed by atoms with van der Waals surface area (Å²) < 4.78 is 21.2. The minimum Gasteiger partial charge on any atom is -0.469 e. The van der Waals surface area contributed by atoms with Crippen LogP contribution in [0.25, 0.3) is 0 Å². The van der Waals surface area contributed by atoms with Gasteiger partial charge in [-0.1, -0.05) is 58.1 Å². The molecule has 0 aromatic rings. The van der Waals surface area contributed by atoms with E-state index >= 15 is 0 Å². The van der Waals surface area contributed by atoms with E-state index in [1.165, 1.54) is 13.5 Å². The van der Waals surface area contributed by atoms with Gasteiger partial charge in [0.05, 0.1) is 36.9 Å². The zero-order chi connectivity index (χ0) is 31.4. The van der Waals surface area contributed by atoms with Crippen LogP contribution in [0.2, 0.25) is 0 Å². The highest BCUT2D eigenvalue weighted by molar-refractivity contribution is 5.97. The molecule has 8 heteroatoms. The van der Waals surface area contributed by atoms with E-state index in [2.05, 4.69) is 46.4 Å². The Balaban J connectivity index is 1.47. The van der Waals surface area contributed by atoms with Crippen LogP contribution in [0.5, 0.6) is 0 Å². The van der Waals surface area contributed by atoms with Gasteiger partial charge in [0.15, 0.2) is 0 Å². The number of carbonyl (C=O) groups excluding carboxylic acids is 4. The normalized spacial score (nSPS) is 36.6. The van der Waals surface area contributed by atoms with Crippen LogP contribution in [0.4, 0.5) is 0 Å². The molecule has 3 aliphatic carbocycles. The molecule has 3 saturated carbocycles. The van der Waals surface area contributed by atoms with Crippen molar-refractivity contribution in [3.63, 3.8) is 0 Å². The predicted molar refractivity (Wildman–Crippen MR) is 161 cm³/mol. The lowest BCUT2D eigenvalue weighted by Gasteiger charge is -2.22. The number of carbonyl (C=O) groups is 4. The minimum atomic E-state index is -0.741. The van der Waals surface area contributed by atoms with Crippen LogP contribution in [-0.4, -0.2) is 50.3 Å². The fraction of sp³-hybridized carbons (Fsp3) is 0.714. The van der Waals surface area contributed by atoms with Crippen LogP contribution >= 0.6 is 0 Å². The highest BCUT2D eigenvalue weighted by Gasteiger charge is 2.56. The largest absolute Gasteiger partial charge is 0.469 e. The molecule has 43 heavy (non-hydrogen) atoms. The maximum atomic E-state index is 13.4. The molecule has 1 heterocycles. The fourth-order valence-electron chi connectivity index (χ4n) is 7.98. The van der Waals surface area contributed by atoms with Gasteiger partial charge in [-0.3, -0.25) is 19.2 Å². The average Bonchev–Trinajstić information content (AvgIpc) is 3.28. The topological polar surface area (TPSA) is 105 Å². The molecule has 4 rings (SSSR count). The van der Waals surface area contributed by atoms with E-state index in [0.717, 1.165) is 12.8 Å². The molecule has 0 aromatic carbocycles. The Morgan fingerprint density at radius 1 is 0.814 bits per heavy atom. The summed E-state index contributed by atoms with van der Waals surface area (Å²) in [7, 11) is 2.90. The van der Waals surface area contributed by atoms with Gasteiger partial charge in [0.2, 0.25) is 0 Å². The standard InChI is InChI=1S/C35H50O8/c1-8-22-16-24(30(28(22)32(36)41-7)33(37)42-27-18-26(27)40-6)12-13-25-17-23(29-31(25)35(39)43-34(29)38)11-9-10-20(4)15-21(5)14-19(2)3/h8-9,11-13,19-31H,1,10,14-18H2,2-7H3/b11-9+,13-12+. The van der Waals surface area contributed by atoms with E-state index in [-0.39, 0.29) is 35.9 Å². The Kier molecular flexibility index (Phi) is 11.1. The first-order chi connectivity index (χ1) is 20.5. The minimum absolute atomic E-state index is 0.0900. The number of hydrogen-bond acceptors (Lipinski definition) is 8. The van der Waals surface area contributed by atoms with Gasteiger partial charge in [0.25, 0.3) is 0 Å². The highest BCUT2D eigenvalue weighted by atomic mass is 16.6. The van der Waals surface area contributed by atoms with Crippen molar-refractivity contribution in [1.29, 1.82) is 0 Å². The number of esters is 4. The number of hydrogen-bond donors (Lipinski definition) is 0. The molecule has 12 atom stereocenters. The summed E-state index contributed by atoms with van der Waals surface area (Å²) in [5, 5.41) is 0. The van der Waals surface area contributed by atoms with Gasteiger partial charge in [-0.2, -0.15) is 0 Å². The number of cyclic esters (lactones) is 2. The number of ether oxygens (including phenoxy) is 4. The van der Waals surface area contributed by atoms with Gasteiger partial charge in [-0.25, -0.2) is 0 Å². The molecule has 0 bridgehead atoms. The Bertz CT molecular complexity index is 1110. The molecule has 0 radical (unpaired) electrons. The summed E-state index contributed by atoms with van der Waals surface area (Å²) in [6.45, 7) is 13.0. The first kappa shape index (κ1) is 33.2. The number of rotatable bonds is 14. The molecule has 0 amide bonds. The van der Waals surface area contributed by atoms with E-state index in [4.69, 9.17) is 18.9 Å². The molecule has 4 aliphatic rings. The van der Waals surface area contributed by atoms with Gasteiger partial charge in [-0.05, 0) is 73.5 Å². The second-order valence-electron chi connectivity index (χ2n) is 13.8. The van der Waals surface area contributed by atoms with Crippen LogP contribution < -0.4 is 0 Å². The molecule has 1 saturated heterocycles. The van der Waals surface area contributed by atoms with Gasteiger partial charge in [0, 0.05) is 13.5 Å². The van der Waals surface area contributed by atoms with Crippen molar-refractivity contribution in [2.24, 2.45) is 65.1 Å². The van der Waals surface area contributed by atoms with E-state index in [1.54, 1.807) is 13.2 Å². The molecular formula is C35H50O8. The van der Waals surface area contributed by atoms with Gasteiger partial charge < -0.3 is 18.9 Å². The number of allylic oxidation sites excluding steroid dienone is 5. The predicted octanol–water partition coefficient (Wildman–Crippen LogP) is 5.71. The van der Waals surface area contributed by atoms with Crippen molar-refractivity contribution >= 4 is 23.9 Å². The molecule has 0 spiro atoms. The maximum Gasteiger partial charge on any atom is 0.318 e. The van der Waals surface area contributed by atoms with Crippen molar-refractivity contribution < 1.29 is 38.1 Å². The summed E-state index contributed by atoms with van der Waals surface area (Å²) in [6.07, 6.45) is 14.5. The number of methoxy groups -OCH3 is 2. The zero-order valence-corrected chi connectivity index (χ0v) is 26.6. The van der Waals surface area contributed by atoms with Crippen LogP contribution in [0.15, 0.2) is 37.0 Å². The van der Waals surface area contributed by atoms with E-state index in [9.17, 15) is 19.2 Å². The van der Waals surface area contributed by atoms with Crippen LogP contribution in [0.1, 0.15) is 66.2 Å². The van der Waals surface area contributed by atoms with E-state index in [1.807, 2.05) is 12.2 Å². The van der Waals surface area contributed by atoms with Crippen molar-refractivity contribution in [1.82, 2.24) is 0 Å². The summed E-state index contributed by atoms with van der Waals surface area (Å²) in [4.78, 5) is 51.7. The summed E-state index contributed by atoms with van der Waals surface area (Å²) in [5.74, 6) is -3.32. The van der Waals surface area contributed by atoms with Crippen LogP contribution in [-0.2, 0) is 38.1 Å². The SMILES string of the molecule is C=CC1CC(/C=C/C2CC(/C=C/CC(C)CC(C)CC(C)C)C3C(=O)OC(=O)C23)C(C(=O)OC2CC2OC)C1C(=O)OC. The molecule has 4 fully saturated rings. The Hall–Kier alpha value is -2.74. The molecular weight excluding hydrogens is 548 g/mol. The van der Waals surface area contributed by atoms with Gasteiger partial charge >= 0.3 is 23.9 Å². The molecule has 0 aromatic heterocycles. The molecule has 238 valence electrons. The molecule has 1 aliphatic heterocycles. The van der Waals surface area contributed by atoms with Crippen LogP contribution in [0.3, 0.4) is 0 Å². The van der Waals surface area contributed by atoms with E-state index < -0.39 is 47.5 Å². The smallest absolute Gasteiger partial charge is 0.318 e. The zero-order valence-electron chi connectivity index (χ0n) is 26.6. The van der Waals surface area contributed by atoms with Crippen LogP contribution in [0, 0.1) is 65.1 Å². The summed E-state index contributed by atoms with van der Waals surface area (Å²) >= 11 is 0. The quantitative estimate of drug-likeness (QED) is 0.108. The van der Waals surface area contributed by atoms with Gasteiger partial charge in [-0.15, -0.1) is 6.58 Å². The highest BCUT2D eigenvalue weighted by Crippen LogP contribution is 2.50. The Morgan fingerprint density at radius 3 is 2.00 bits per heavy atom. The van der Waals surface area contributed by atoms with Crippen molar-refractivity contribution in [2.45, 2.75) is 78.4 Å². The molecule has 8 nitrogen and oxygen atoms in total. The summed E-state index contributed by atoms with van der Waals surface area (Å²) in [5.41, 5.74) is 0. The average molecular weight is 599 g/mol. The van der Waals surface area contributed by atoms with Crippen molar-refractivity contribution in [2.75, 3.05) is 14.2 Å². The second kappa shape index (κ2) is 14.4. The summed E-state index contributed by atoms with van der Waals surface area (Å²) in [6, 6.07) is 0. The first-order valence-corrected chi connectivity index (χ1v) is 16.0. The first-order valence-electron chi connectivity index (χ1n) is 16.0. The second-order valence-corrected chi connectivity index (χ2v) is 13.8. The maximum absolute atomic E-state index is 13.4. The van der Waals surface area contributed by atoms with Crippen molar-refractivity contribution in [3.8, 4) is 0 Å².